The summed E-state index contributed by atoms with van der Waals surface area (Å²) in [6, 6.07) is 9.31. The maximum absolute atomic E-state index is 13.0. The summed E-state index contributed by atoms with van der Waals surface area (Å²) in [5.41, 5.74) is 0.656. The minimum Gasteiger partial charge on any atom is -0.422 e. The third-order valence-electron chi connectivity index (χ3n) is 5.65. The lowest BCUT2D eigenvalue weighted by molar-refractivity contribution is -0.137. The van der Waals surface area contributed by atoms with Gasteiger partial charge in [-0.2, -0.15) is 13.2 Å². The van der Waals surface area contributed by atoms with E-state index in [2.05, 4.69) is 21.8 Å². The SMILES string of the molecule is CN1CCN(c2ccc3cc(-c4cn5ccc(C(F)(F)F)cc5n4)c(=O)oc3c2)CC1. The van der Waals surface area contributed by atoms with Crippen LogP contribution >= 0.6 is 0 Å². The highest BCUT2D eigenvalue weighted by Gasteiger charge is 2.31. The average molecular weight is 428 g/mol. The van der Waals surface area contributed by atoms with Crippen molar-refractivity contribution in [2.75, 3.05) is 38.1 Å². The van der Waals surface area contributed by atoms with Gasteiger partial charge in [0, 0.05) is 55.7 Å². The quantitative estimate of drug-likeness (QED) is 0.454. The smallest absolute Gasteiger partial charge is 0.416 e. The molecule has 5 rings (SSSR count). The molecule has 1 aliphatic rings. The molecular weight excluding hydrogens is 409 g/mol. The Kier molecular flexibility index (Phi) is 4.51. The zero-order valence-electron chi connectivity index (χ0n) is 16.7. The summed E-state index contributed by atoms with van der Waals surface area (Å²) in [6.07, 6.45) is -1.66. The summed E-state index contributed by atoms with van der Waals surface area (Å²) in [6.45, 7) is 3.71. The van der Waals surface area contributed by atoms with Crippen molar-refractivity contribution in [3.8, 4) is 11.3 Å². The summed E-state index contributed by atoms with van der Waals surface area (Å²) in [4.78, 5) is 21.4. The van der Waals surface area contributed by atoms with Crippen LogP contribution in [0.2, 0.25) is 0 Å². The average Bonchev–Trinajstić information content (AvgIpc) is 3.16. The van der Waals surface area contributed by atoms with Crippen LogP contribution in [0.15, 0.2) is 58.0 Å². The lowest BCUT2D eigenvalue weighted by Crippen LogP contribution is -2.44. The van der Waals surface area contributed by atoms with E-state index in [1.54, 1.807) is 6.07 Å². The molecule has 4 heterocycles. The number of imidazole rings is 1. The number of hydrogen-bond acceptors (Lipinski definition) is 5. The molecule has 1 fully saturated rings. The van der Waals surface area contributed by atoms with E-state index < -0.39 is 17.4 Å². The van der Waals surface area contributed by atoms with Crippen LogP contribution in [-0.2, 0) is 6.18 Å². The molecule has 6 nitrogen and oxygen atoms in total. The van der Waals surface area contributed by atoms with Crippen molar-refractivity contribution < 1.29 is 17.6 Å². The fraction of sp³-hybridized carbons (Fsp3) is 0.273. The Morgan fingerprint density at radius 3 is 2.55 bits per heavy atom. The number of nitrogens with zero attached hydrogens (tertiary/aromatic N) is 4. The van der Waals surface area contributed by atoms with E-state index in [-0.39, 0.29) is 16.9 Å². The molecule has 1 saturated heterocycles. The molecule has 0 spiro atoms. The van der Waals surface area contributed by atoms with Gasteiger partial charge in [-0.25, -0.2) is 9.78 Å². The number of likely N-dealkylation sites (N-methyl/N-ethyl adjacent to an activating group) is 1. The van der Waals surface area contributed by atoms with E-state index in [0.29, 0.717) is 5.58 Å². The first-order valence-corrected chi connectivity index (χ1v) is 9.86. The Bertz CT molecular complexity index is 1330. The number of pyridine rings is 1. The van der Waals surface area contributed by atoms with Gasteiger partial charge in [-0.15, -0.1) is 0 Å². The zero-order valence-corrected chi connectivity index (χ0v) is 16.7. The molecule has 9 heteroatoms. The molecule has 0 unspecified atom stereocenters. The van der Waals surface area contributed by atoms with E-state index in [0.717, 1.165) is 49.4 Å². The molecular formula is C22H19F3N4O2. The maximum atomic E-state index is 13.0. The Balaban J connectivity index is 1.52. The molecule has 1 aromatic carbocycles. The first-order valence-electron chi connectivity index (χ1n) is 9.86. The monoisotopic (exact) mass is 428 g/mol. The van der Waals surface area contributed by atoms with Gasteiger partial charge in [0.25, 0.3) is 0 Å². The predicted octanol–water partition coefficient (Wildman–Crippen LogP) is 3.88. The normalized spacial score (nSPS) is 15.8. The number of benzene rings is 1. The molecule has 0 atom stereocenters. The fourth-order valence-corrected chi connectivity index (χ4v) is 3.83. The second-order valence-electron chi connectivity index (χ2n) is 7.76. The van der Waals surface area contributed by atoms with Crippen molar-refractivity contribution in [3.05, 3.63) is 64.8 Å². The van der Waals surface area contributed by atoms with Gasteiger partial charge in [0.1, 0.15) is 11.2 Å². The molecule has 0 amide bonds. The second-order valence-corrected chi connectivity index (χ2v) is 7.76. The van der Waals surface area contributed by atoms with E-state index >= 15 is 0 Å². The van der Waals surface area contributed by atoms with E-state index in [4.69, 9.17) is 4.42 Å². The first-order chi connectivity index (χ1) is 14.8. The summed E-state index contributed by atoms with van der Waals surface area (Å²) in [7, 11) is 2.08. The standard InChI is InChI=1S/C22H19F3N4O2/c1-27-6-8-28(9-7-27)16-3-2-14-10-17(21(30)31-19(14)12-16)18-13-29-5-4-15(22(23,24)25)11-20(29)26-18/h2-5,10-13H,6-9H2,1H3. The van der Waals surface area contributed by atoms with Gasteiger partial charge < -0.3 is 18.6 Å². The van der Waals surface area contributed by atoms with Crippen LogP contribution in [-0.4, -0.2) is 47.5 Å². The Hall–Kier alpha value is -3.33. The fourth-order valence-electron chi connectivity index (χ4n) is 3.83. The van der Waals surface area contributed by atoms with Crippen molar-refractivity contribution in [2.24, 2.45) is 0 Å². The van der Waals surface area contributed by atoms with Gasteiger partial charge in [-0.05, 0) is 37.4 Å². The number of piperazine rings is 1. The highest BCUT2D eigenvalue weighted by molar-refractivity contribution is 5.84. The number of aromatic nitrogens is 2. The number of rotatable bonds is 2. The number of alkyl halides is 3. The van der Waals surface area contributed by atoms with E-state index in [9.17, 15) is 18.0 Å². The van der Waals surface area contributed by atoms with Gasteiger partial charge in [0.05, 0.1) is 16.8 Å². The van der Waals surface area contributed by atoms with E-state index in [1.807, 2.05) is 18.2 Å². The van der Waals surface area contributed by atoms with Crippen LogP contribution in [0, 0.1) is 0 Å². The molecule has 31 heavy (non-hydrogen) atoms. The molecule has 0 radical (unpaired) electrons. The molecule has 0 saturated carbocycles. The number of anilines is 1. The van der Waals surface area contributed by atoms with Crippen LogP contribution in [0.4, 0.5) is 18.9 Å². The van der Waals surface area contributed by atoms with Crippen LogP contribution in [0.5, 0.6) is 0 Å². The van der Waals surface area contributed by atoms with Crippen molar-refractivity contribution >= 4 is 22.3 Å². The molecule has 1 aliphatic heterocycles. The minimum atomic E-state index is -4.46. The van der Waals surface area contributed by atoms with Gasteiger partial charge >= 0.3 is 11.8 Å². The maximum Gasteiger partial charge on any atom is 0.416 e. The van der Waals surface area contributed by atoms with Crippen molar-refractivity contribution in [1.29, 1.82) is 0 Å². The highest BCUT2D eigenvalue weighted by atomic mass is 19.4. The zero-order chi connectivity index (χ0) is 21.8. The van der Waals surface area contributed by atoms with Crippen LogP contribution in [0.1, 0.15) is 5.56 Å². The van der Waals surface area contributed by atoms with E-state index in [1.165, 1.54) is 16.8 Å². The molecule has 160 valence electrons. The van der Waals surface area contributed by atoms with Crippen LogP contribution in [0.25, 0.3) is 27.9 Å². The van der Waals surface area contributed by atoms with Crippen molar-refractivity contribution in [2.45, 2.75) is 6.18 Å². The number of fused-ring (bicyclic) bond motifs is 2. The highest BCUT2D eigenvalue weighted by Crippen LogP contribution is 2.31. The first kappa shape index (κ1) is 19.6. The lowest BCUT2D eigenvalue weighted by atomic mass is 10.1. The van der Waals surface area contributed by atoms with Crippen molar-refractivity contribution in [1.82, 2.24) is 14.3 Å². The molecule has 0 N–H and O–H groups in total. The molecule has 0 bridgehead atoms. The Morgan fingerprint density at radius 1 is 1.03 bits per heavy atom. The van der Waals surface area contributed by atoms with Crippen LogP contribution < -0.4 is 10.5 Å². The van der Waals surface area contributed by atoms with Crippen LogP contribution in [0.3, 0.4) is 0 Å². The van der Waals surface area contributed by atoms with Gasteiger partial charge in [-0.3, -0.25) is 0 Å². The number of hydrogen-bond donors (Lipinski definition) is 0. The predicted molar refractivity (Wildman–Crippen MR) is 111 cm³/mol. The summed E-state index contributed by atoms with van der Waals surface area (Å²) in [5.74, 6) is 0. The summed E-state index contributed by atoms with van der Waals surface area (Å²) < 4.78 is 45.9. The van der Waals surface area contributed by atoms with Gasteiger partial charge in [-0.1, -0.05) is 0 Å². The number of halogens is 3. The molecule has 4 aromatic rings. The van der Waals surface area contributed by atoms with Crippen molar-refractivity contribution in [3.63, 3.8) is 0 Å². The lowest BCUT2D eigenvalue weighted by Gasteiger charge is -2.34. The third kappa shape index (κ3) is 3.65. The van der Waals surface area contributed by atoms with Gasteiger partial charge in [0.2, 0.25) is 0 Å². The third-order valence-corrected chi connectivity index (χ3v) is 5.65. The summed E-state index contributed by atoms with van der Waals surface area (Å²) in [5, 5.41) is 0.723. The van der Waals surface area contributed by atoms with Gasteiger partial charge in [0.15, 0.2) is 0 Å². The Labute approximate surface area is 175 Å². The summed E-state index contributed by atoms with van der Waals surface area (Å²) >= 11 is 0. The topological polar surface area (TPSA) is 54.0 Å². The minimum absolute atomic E-state index is 0.106. The Morgan fingerprint density at radius 2 is 1.81 bits per heavy atom. The second kappa shape index (κ2) is 7.12. The largest absolute Gasteiger partial charge is 0.422 e. The molecule has 0 aliphatic carbocycles. The molecule has 3 aromatic heterocycles.